The highest BCUT2D eigenvalue weighted by molar-refractivity contribution is 5.07. The van der Waals surface area contributed by atoms with Crippen LogP contribution < -0.4 is 4.74 Å². The number of ether oxygens (including phenoxy) is 1. The first kappa shape index (κ1) is 5.94. The third-order valence-electron chi connectivity index (χ3n) is 0.827. The number of hydrogen-bond acceptors (Lipinski definition) is 3. The summed E-state index contributed by atoms with van der Waals surface area (Å²) in [5.74, 6) is -0.565. The third kappa shape index (κ3) is 1.13. The van der Waals surface area contributed by atoms with Crippen molar-refractivity contribution < 1.29 is 9.13 Å². The fourth-order valence-electron chi connectivity index (χ4n) is 0.452. The van der Waals surface area contributed by atoms with E-state index in [1.807, 2.05) is 0 Å². The van der Waals surface area contributed by atoms with Crippen molar-refractivity contribution in [2.24, 2.45) is 0 Å². The Balaban J connectivity index is 3.01. The van der Waals surface area contributed by atoms with E-state index in [0.29, 0.717) is 0 Å². The predicted octanol–water partition coefficient (Wildman–Crippen LogP) is 0.624. The van der Waals surface area contributed by atoms with E-state index in [4.69, 9.17) is 0 Å². The van der Waals surface area contributed by atoms with Crippen LogP contribution in [0.2, 0.25) is 0 Å². The molecule has 0 radical (unpaired) electrons. The van der Waals surface area contributed by atoms with Gasteiger partial charge in [-0.15, -0.1) is 0 Å². The minimum absolute atomic E-state index is 0.0231. The fourth-order valence-corrected chi connectivity index (χ4v) is 0.452. The Labute approximate surface area is 51.5 Å². The molecule has 48 valence electrons. The average molecular weight is 128 g/mol. The lowest BCUT2D eigenvalue weighted by molar-refractivity contribution is 0.367. The summed E-state index contributed by atoms with van der Waals surface area (Å²) in [5, 5.41) is 0. The summed E-state index contributed by atoms with van der Waals surface area (Å²) in [5.41, 5.74) is 0. The number of nitrogens with zero attached hydrogens (tertiary/aromatic N) is 2. The summed E-state index contributed by atoms with van der Waals surface area (Å²) in [4.78, 5) is 6.92. The molecule has 1 aromatic heterocycles. The normalized spacial score (nSPS) is 9.11. The first-order valence-electron chi connectivity index (χ1n) is 2.34. The lowest BCUT2D eigenvalue weighted by Gasteiger charge is -1.95. The second-order valence-electron chi connectivity index (χ2n) is 1.38. The first-order valence-corrected chi connectivity index (χ1v) is 2.34. The Morgan fingerprint density at radius 3 is 2.89 bits per heavy atom. The van der Waals surface area contributed by atoms with E-state index in [0.717, 1.165) is 6.20 Å². The highest BCUT2D eigenvalue weighted by Crippen LogP contribution is 2.07. The first-order chi connectivity index (χ1) is 4.34. The van der Waals surface area contributed by atoms with E-state index in [9.17, 15) is 4.39 Å². The van der Waals surface area contributed by atoms with Crippen LogP contribution in [0.25, 0.3) is 0 Å². The van der Waals surface area contributed by atoms with Gasteiger partial charge in [0.15, 0.2) is 0 Å². The zero-order chi connectivity index (χ0) is 6.69. The zero-order valence-corrected chi connectivity index (χ0v) is 4.84. The van der Waals surface area contributed by atoms with Crippen LogP contribution in [0.15, 0.2) is 12.5 Å². The van der Waals surface area contributed by atoms with Crippen LogP contribution in [-0.2, 0) is 0 Å². The van der Waals surface area contributed by atoms with E-state index in [2.05, 4.69) is 14.7 Å². The number of aromatic nitrogens is 2. The van der Waals surface area contributed by atoms with Gasteiger partial charge in [-0.3, -0.25) is 0 Å². The molecule has 0 aliphatic carbocycles. The topological polar surface area (TPSA) is 35.0 Å². The van der Waals surface area contributed by atoms with Gasteiger partial charge in [-0.2, -0.15) is 9.37 Å². The molecular weight excluding hydrogens is 123 g/mol. The molecule has 1 aromatic rings. The van der Waals surface area contributed by atoms with Crippen LogP contribution in [0.4, 0.5) is 4.39 Å². The van der Waals surface area contributed by atoms with Crippen LogP contribution in [0.3, 0.4) is 0 Å². The molecule has 0 bridgehead atoms. The van der Waals surface area contributed by atoms with E-state index in [-0.39, 0.29) is 5.88 Å². The molecule has 0 amide bonds. The Morgan fingerprint density at radius 2 is 2.44 bits per heavy atom. The molecule has 0 N–H and O–H groups in total. The molecule has 0 fully saturated rings. The summed E-state index contributed by atoms with van der Waals surface area (Å²) in [7, 11) is 1.35. The van der Waals surface area contributed by atoms with Gasteiger partial charge in [-0.25, -0.2) is 4.98 Å². The van der Waals surface area contributed by atoms with Crippen molar-refractivity contribution in [3.63, 3.8) is 0 Å². The van der Waals surface area contributed by atoms with Gasteiger partial charge in [0, 0.05) is 0 Å². The van der Waals surface area contributed by atoms with Gasteiger partial charge in [-0.1, -0.05) is 0 Å². The SMILES string of the molecule is COc1ncncc1F. The van der Waals surface area contributed by atoms with Gasteiger partial charge in [0.05, 0.1) is 13.3 Å². The van der Waals surface area contributed by atoms with Crippen molar-refractivity contribution in [1.29, 1.82) is 0 Å². The number of hydrogen-bond donors (Lipinski definition) is 0. The lowest BCUT2D eigenvalue weighted by Crippen LogP contribution is -1.91. The lowest BCUT2D eigenvalue weighted by atomic mass is 10.6. The third-order valence-corrected chi connectivity index (χ3v) is 0.827. The van der Waals surface area contributed by atoms with E-state index >= 15 is 0 Å². The van der Waals surface area contributed by atoms with Gasteiger partial charge in [0.25, 0.3) is 5.88 Å². The van der Waals surface area contributed by atoms with E-state index < -0.39 is 5.82 Å². The summed E-state index contributed by atoms with van der Waals surface area (Å²) in [6.07, 6.45) is 2.27. The van der Waals surface area contributed by atoms with Crippen molar-refractivity contribution in [2.75, 3.05) is 7.11 Å². The molecule has 0 aliphatic rings. The predicted molar refractivity (Wildman–Crippen MR) is 28.5 cm³/mol. The van der Waals surface area contributed by atoms with Crippen molar-refractivity contribution >= 4 is 0 Å². The highest BCUT2D eigenvalue weighted by Gasteiger charge is 1.98. The standard InChI is InChI=1S/C5H5FN2O/c1-9-5-4(6)2-7-3-8-5/h2-3H,1H3. The number of rotatable bonds is 1. The molecule has 0 unspecified atom stereocenters. The molecule has 0 atom stereocenters. The second kappa shape index (κ2) is 2.39. The maximum Gasteiger partial charge on any atom is 0.253 e. The van der Waals surface area contributed by atoms with Crippen LogP contribution >= 0.6 is 0 Å². The zero-order valence-electron chi connectivity index (χ0n) is 4.84. The molecule has 0 aliphatic heterocycles. The smallest absolute Gasteiger partial charge is 0.253 e. The molecular formula is C5H5FN2O. The number of methoxy groups -OCH3 is 1. The van der Waals surface area contributed by atoms with Crippen molar-refractivity contribution in [1.82, 2.24) is 9.97 Å². The minimum atomic E-state index is -0.542. The van der Waals surface area contributed by atoms with E-state index in [1.54, 1.807) is 0 Å². The van der Waals surface area contributed by atoms with Gasteiger partial charge in [-0.05, 0) is 0 Å². The molecule has 1 heterocycles. The van der Waals surface area contributed by atoms with Crippen LogP contribution in [0.5, 0.6) is 5.88 Å². The Hall–Kier alpha value is -1.19. The summed E-state index contributed by atoms with van der Waals surface area (Å²) < 4.78 is 16.9. The average Bonchev–Trinajstić information content (AvgIpc) is 1.89. The summed E-state index contributed by atoms with van der Waals surface area (Å²) >= 11 is 0. The molecule has 0 spiro atoms. The van der Waals surface area contributed by atoms with Gasteiger partial charge < -0.3 is 4.74 Å². The van der Waals surface area contributed by atoms with Gasteiger partial charge >= 0.3 is 0 Å². The molecule has 0 saturated heterocycles. The molecule has 9 heavy (non-hydrogen) atoms. The molecule has 4 heteroatoms. The highest BCUT2D eigenvalue weighted by atomic mass is 19.1. The van der Waals surface area contributed by atoms with Crippen molar-refractivity contribution in [3.8, 4) is 5.88 Å². The minimum Gasteiger partial charge on any atom is -0.479 e. The Morgan fingerprint density at radius 1 is 1.67 bits per heavy atom. The largest absolute Gasteiger partial charge is 0.479 e. The molecule has 3 nitrogen and oxygen atoms in total. The fraction of sp³-hybridized carbons (Fsp3) is 0.200. The second-order valence-corrected chi connectivity index (χ2v) is 1.38. The molecule has 1 rings (SSSR count). The van der Waals surface area contributed by atoms with Crippen LogP contribution in [-0.4, -0.2) is 17.1 Å². The van der Waals surface area contributed by atoms with Gasteiger partial charge in [0.1, 0.15) is 6.33 Å². The van der Waals surface area contributed by atoms with E-state index in [1.165, 1.54) is 13.4 Å². The quantitative estimate of drug-likeness (QED) is 0.556. The van der Waals surface area contributed by atoms with Crippen molar-refractivity contribution in [2.45, 2.75) is 0 Å². The molecule has 0 aromatic carbocycles. The van der Waals surface area contributed by atoms with Crippen LogP contribution in [0, 0.1) is 5.82 Å². The Bertz CT molecular complexity index is 204. The molecule has 0 saturated carbocycles. The summed E-state index contributed by atoms with van der Waals surface area (Å²) in [6.45, 7) is 0. The van der Waals surface area contributed by atoms with Crippen molar-refractivity contribution in [3.05, 3.63) is 18.3 Å². The maximum absolute atomic E-state index is 12.3. The van der Waals surface area contributed by atoms with Crippen LogP contribution in [0.1, 0.15) is 0 Å². The maximum atomic E-state index is 12.3. The monoisotopic (exact) mass is 128 g/mol. The summed E-state index contributed by atoms with van der Waals surface area (Å²) in [6, 6.07) is 0. The Kier molecular flexibility index (Phi) is 1.58. The number of halogens is 1. The van der Waals surface area contributed by atoms with Gasteiger partial charge in [0.2, 0.25) is 5.82 Å².